The Morgan fingerprint density at radius 2 is 2.00 bits per heavy atom. The molecule has 0 atom stereocenters. The molecule has 2 fully saturated rings. The minimum absolute atomic E-state index is 0.0358. The summed E-state index contributed by atoms with van der Waals surface area (Å²) in [4.78, 5) is 22.1. The Kier molecular flexibility index (Phi) is 2.69. The molecule has 1 aromatic rings. The lowest BCUT2D eigenvalue weighted by Crippen LogP contribution is -2.32. The normalized spacial score (nSPS) is 20.2. The average molecular weight is 260 g/mol. The number of hydrogen-bond donors (Lipinski definition) is 2. The van der Waals surface area contributed by atoms with E-state index in [0.29, 0.717) is 13.0 Å². The highest BCUT2D eigenvalue weighted by atomic mass is 16.4. The van der Waals surface area contributed by atoms with Crippen molar-refractivity contribution in [2.45, 2.75) is 31.1 Å². The van der Waals surface area contributed by atoms with Crippen LogP contribution >= 0.6 is 0 Å². The largest absolute Gasteiger partial charge is 0.481 e. The highest BCUT2D eigenvalue weighted by molar-refractivity contribution is 5.81. The van der Waals surface area contributed by atoms with Gasteiger partial charge >= 0.3 is 5.97 Å². The van der Waals surface area contributed by atoms with E-state index in [1.54, 1.807) is 0 Å². The molecule has 0 aromatic heterocycles. The first-order valence-electron chi connectivity index (χ1n) is 6.48. The number of hydrogen-bond acceptors (Lipinski definition) is 3. The number of carbonyl (C=O) groups excluding carboxylic acids is 1. The van der Waals surface area contributed by atoms with Gasteiger partial charge in [0.1, 0.15) is 0 Å². The molecule has 1 aliphatic heterocycles. The minimum Gasteiger partial charge on any atom is -0.481 e. The molecule has 0 radical (unpaired) electrons. The molecule has 19 heavy (non-hydrogen) atoms. The van der Waals surface area contributed by atoms with Gasteiger partial charge in [-0.05, 0) is 30.5 Å². The Morgan fingerprint density at radius 3 is 2.47 bits per heavy atom. The van der Waals surface area contributed by atoms with E-state index in [-0.39, 0.29) is 17.7 Å². The fourth-order valence-electron chi connectivity index (χ4n) is 2.67. The van der Waals surface area contributed by atoms with Crippen LogP contribution in [0.2, 0.25) is 0 Å². The monoisotopic (exact) mass is 260 g/mol. The van der Waals surface area contributed by atoms with Crippen LogP contribution in [0.4, 0.5) is 5.69 Å². The van der Waals surface area contributed by atoms with Gasteiger partial charge in [0.15, 0.2) is 0 Å². The number of nitrogens with zero attached hydrogens (tertiary/aromatic N) is 1. The van der Waals surface area contributed by atoms with Gasteiger partial charge in [-0.1, -0.05) is 12.1 Å². The Bertz CT molecular complexity index is 520. The van der Waals surface area contributed by atoms with E-state index in [2.05, 4.69) is 5.43 Å². The molecule has 1 saturated carbocycles. The molecule has 1 amide bonds. The molecule has 5 nitrogen and oxygen atoms in total. The third-order valence-electron chi connectivity index (χ3n) is 3.96. The zero-order valence-corrected chi connectivity index (χ0v) is 10.6. The first-order valence-corrected chi connectivity index (χ1v) is 6.48. The number of anilines is 1. The number of carboxylic acids is 1. The van der Waals surface area contributed by atoms with E-state index in [1.165, 1.54) is 0 Å². The topological polar surface area (TPSA) is 69.6 Å². The highest BCUT2D eigenvalue weighted by Gasteiger charge is 2.45. The van der Waals surface area contributed by atoms with Gasteiger partial charge in [-0.25, -0.2) is 0 Å². The molecule has 100 valence electrons. The fourth-order valence-corrected chi connectivity index (χ4v) is 2.67. The van der Waals surface area contributed by atoms with Crippen molar-refractivity contribution in [3.05, 3.63) is 29.8 Å². The lowest BCUT2D eigenvalue weighted by molar-refractivity contribution is -0.137. The molecule has 1 heterocycles. The third kappa shape index (κ3) is 2.28. The van der Waals surface area contributed by atoms with E-state index in [9.17, 15) is 9.59 Å². The summed E-state index contributed by atoms with van der Waals surface area (Å²) >= 11 is 0. The molecule has 3 rings (SSSR count). The highest BCUT2D eigenvalue weighted by Crippen LogP contribution is 2.51. The van der Waals surface area contributed by atoms with Crippen LogP contribution in [0.5, 0.6) is 0 Å². The van der Waals surface area contributed by atoms with Crippen molar-refractivity contribution < 1.29 is 14.7 Å². The van der Waals surface area contributed by atoms with Crippen molar-refractivity contribution in [3.63, 3.8) is 0 Å². The Morgan fingerprint density at radius 1 is 1.32 bits per heavy atom. The quantitative estimate of drug-likeness (QED) is 0.859. The van der Waals surface area contributed by atoms with Crippen LogP contribution in [0.15, 0.2) is 24.3 Å². The number of carbonyl (C=O) groups is 2. The summed E-state index contributed by atoms with van der Waals surface area (Å²) in [5.74, 6) is -0.706. The van der Waals surface area contributed by atoms with Gasteiger partial charge in [-0.15, -0.1) is 0 Å². The van der Waals surface area contributed by atoms with Crippen molar-refractivity contribution in [2.24, 2.45) is 0 Å². The summed E-state index contributed by atoms with van der Waals surface area (Å²) in [7, 11) is 0. The molecule has 1 aromatic carbocycles. The van der Waals surface area contributed by atoms with Crippen LogP contribution < -0.4 is 10.4 Å². The van der Waals surface area contributed by atoms with Crippen LogP contribution in [-0.4, -0.2) is 23.5 Å². The van der Waals surface area contributed by atoms with Gasteiger partial charge in [0.25, 0.3) is 0 Å². The lowest BCUT2D eigenvalue weighted by Gasteiger charge is -2.19. The molecular formula is C14H16N2O3. The van der Waals surface area contributed by atoms with Crippen molar-refractivity contribution >= 4 is 17.6 Å². The van der Waals surface area contributed by atoms with Gasteiger partial charge in [-0.2, -0.15) is 0 Å². The lowest BCUT2D eigenvalue weighted by atomic mass is 9.92. The number of hydrazine groups is 1. The van der Waals surface area contributed by atoms with Crippen LogP contribution in [0.25, 0.3) is 0 Å². The minimum atomic E-state index is -0.742. The van der Waals surface area contributed by atoms with Crippen molar-refractivity contribution in [1.29, 1.82) is 0 Å². The Balaban J connectivity index is 1.76. The summed E-state index contributed by atoms with van der Waals surface area (Å²) in [6.45, 7) is 0.679. The molecule has 2 N–H and O–H groups in total. The second kappa shape index (κ2) is 4.26. The maximum Gasteiger partial charge on any atom is 0.304 e. The number of amides is 1. The predicted octanol–water partition coefficient (Wildman–Crippen LogP) is 1.43. The second-order valence-corrected chi connectivity index (χ2v) is 5.33. The molecule has 5 heteroatoms. The number of benzene rings is 1. The zero-order valence-electron chi connectivity index (χ0n) is 10.6. The van der Waals surface area contributed by atoms with Gasteiger partial charge in [0.05, 0.1) is 12.1 Å². The molecule has 0 spiro atoms. The first-order chi connectivity index (χ1) is 9.09. The summed E-state index contributed by atoms with van der Waals surface area (Å²) < 4.78 is 0. The molecule has 1 saturated heterocycles. The maximum atomic E-state index is 11.2. The smallest absolute Gasteiger partial charge is 0.304 e. The Hall–Kier alpha value is -2.04. The van der Waals surface area contributed by atoms with E-state index in [1.807, 2.05) is 29.3 Å². The fraction of sp³-hybridized carbons (Fsp3) is 0.429. The Labute approximate surface area is 111 Å². The number of nitrogens with one attached hydrogen (secondary N) is 1. The van der Waals surface area contributed by atoms with Crippen LogP contribution in [0.3, 0.4) is 0 Å². The number of carboxylic acid groups (broad SMARTS) is 1. The third-order valence-corrected chi connectivity index (χ3v) is 3.96. The summed E-state index contributed by atoms with van der Waals surface area (Å²) in [5.41, 5.74) is 4.65. The van der Waals surface area contributed by atoms with Crippen LogP contribution in [0.1, 0.15) is 31.2 Å². The molecule has 0 unspecified atom stereocenters. The van der Waals surface area contributed by atoms with Gasteiger partial charge in [-0.3, -0.25) is 20.0 Å². The van der Waals surface area contributed by atoms with Crippen molar-refractivity contribution in [2.75, 3.05) is 11.6 Å². The van der Waals surface area contributed by atoms with Crippen LogP contribution in [-0.2, 0) is 15.0 Å². The van der Waals surface area contributed by atoms with Gasteiger partial charge in [0, 0.05) is 18.4 Å². The van der Waals surface area contributed by atoms with Crippen molar-refractivity contribution in [1.82, 2.24) is 5.43 Å². The van der Waals surface area contributed by atoms with E-state index >= 15 is 0 Å². The summed E-state index contributed by atoms with van der Waals surface area (Å²) in [5, 5.41) is 10.8. The molecule has 2 aliphatic rings. The van der Waals surface area contributed by atoms with Gasteiger partial charge in [0.2, 0.25) is 5.91 Å². The first kappa shape index (κ1) is 12.0. The van der Waals surface area contributed by atoms with Gasteiger partial charge < -0.3 is 5.11 Å². The SMILES string of the molecule is O=C(O)CC1(c2ccc(N3CCC(=O)N3)cc2)CC1. The van der Waals surface area contributed by atoms with Crippen LogP contribution in [0, 0.1) is 0 Å². The molecule has 0 bridgehead atoms. The average Bonchev–Trinajstić information content (AvgIpc) is 3.02. The summed E-state index contributed by atoms with van der Waals surface area (Å²) in [6.07, 6.45) is 2.61. The number of rotatable bonds is 4. The zero-order chi connectivity index (χ0) is 13.5. The molecule has 1 aliphatic carbocycles. The van der Waals surface area contributed by atoms with E-state index < -0.39 is 5.97 Å². The second-order valence-electron chi connectivity index (χ2n) is 5.33. The maximum absolute atomic E-state index is 11.2. The standard InChI is InChI=1S/C14H16N2O3/c17-12-5-8-16(15-12)11-3-1-10(2-4-11)14(6-7-14)9-13(18)19/h1-4H,5-9H2,(H,15,17)(H,18,19). The van der Waals surface area contributed by atoms with Crippen molar-refractivity contribution in [3.8, 4) is 0 Å². The van der Waals surface area contributed by atoms with E-state index in [0.717, 1.165) is 24.1 Å². The predicted molar refractivity (Wildman–Crippen MR) is 69.7 cm³/mol. The summed E-state index contributed by atoms with van der Waals surface area (Å²) in [6, 6.07) is 7.86. The molecular weight excluding hydrogens is 244 g/mol. The number of aliphatic carboxylic acids is 1. The van der Waals surface area contributed by atoms with E-state index in [4.69, 9.17) is 5.11 Å².